The molecule has 2 rings (SSSR count). The predicted molar refractivity (Wildman–Crippen MR) is 73.6 cm³/mol. The van der Waals surface area contributed by atoms with Crippen molar-refractivity contribution in [1.82, 2.24) is 4.98 Å². The highest BCUT2D eigenvalue weighted by Gasteiger charge is 2.17. The SMILES string of the molecule is O=C(O)c1c(F)cncc1Nc1ccc(Br)cc1Cl. The van der Waals surface area contributed by atoms with Gasteiger partial charge >= 0.3 is 5.97 Å². The van der Waals surface area contributed by atoms with E-state index in [0.717, 1.165) is 10.7 Å². The number of pyridine rings is 1. The Labute approximate surface area is 121 Å². The molecule has 0 saturated carbocycles. The molecule has 0 aliphatic carbocycles. The summed E-state index contributed by atoms with van der Waals surface area (Å²) in [5.41, 5.74) is 0.0190. The second-order valence-electron chi connectivity index (χ2n) is 3.60. The number of benzene rings is 1. The second kappa shape index (κ2) is 5.54. The summed E-state index contributed by atoms with van der Waals surface area (Å²) in [5.74, 6) is -2.29. The van der Waals surface area contributed by atoms with Crippen LogP contribution in [0.5, 0.6) is 0 Å². The topological polar surface area (TPSA) is 62.2 Å². The van der Waals surface area contributed by atoms with E-state index in [1.54, 1.807) is 18.2 Å². The maximum absolute atomic E-state index is 13.4. The van der Waals surface area contributed by atoms with Gasteiger partial charge < -0.3 is 10.4 Å². The molecular weight excluding hydrogens is 338 g/mol. The van der Waals surface area contributed by atoms with Crippen molar-refractivity contribution in [3.8, 4) is 0 Å². The van der Waals surface area contributed by atoms with Crippen molar-refractivity contribution in [3.63, 3.8) is 0 Å². The normalized spacial score (nSPS) is 10.3. The lowest BCUT2D eigenvalue weighted by atomic mass is 10.2. The number of hydrogen-bond acceptors (Lipinski definition) is 3. The van der Waals surface area contributed by atoms with Crippen LogP contribution in [-0.4, -0.2) is 16.1 Å². The van der Waals surface area contributed by atoms with Crippen molar-refractivity contribution >= 4 is 44.9 Å². The molecule has 0 unspecified atom stereocenters. The van der Waals surface area contributed by atoms with Crippen LogP contribution in [0.3, 0.4) is 0 Å². The number of carboxylic acid groups (broad SMARTS) is 1. The van der Waals surface area contributed by atoms with Gasteiger partial charge in [-0.3, -0.25) is 4.98 Å². The molecule has 0 radical (unpaired) electrons. The molecule has 1 aromatic heterocycles. The molecule has 2 aromatic rings. The highest BCUT2D eigenvalue weighted by Crippen LogP contribution is 2.30. The van der Waals surface area contributed by atoms with Crippen LogP contribution in [0.15, 0.2) is 35.1 Å². The van der Waals surface area contributed by atoms with E-state index in [-0.39, 0.29) is 5.69 Å². The number of carbonyl (C=O) groups is 1. The fourth-order valence-electron chi connectivity index (χ4n) is 1.48. The zero-order valence-electron chi connectivity index (χ0n) is 9.32. The molecule has 0 fully saturated rings. The van der Waals surface area contributed by atoms with Crippen molar-refractivity contribution in [2.24, 2.45) is 0 Å². The molecule has 98 valence electrons. The summed E-state index contributed by atoms with van der Waals surface area (Å²) in [7, 11) is 0. The summed E-state index contributed by atoms with van der Waals surface area (Å²) in [6, 6.07) is 5.00. The number of halogens is 3. The fourth-order valence-corrected chi connectivity index (χ4v) is 2.20. The average Bonchev–Trinajstić information content (AvgIpc) is 2.32. The number of hydrogen-bond donors (Lipinski definition) is 2. The molecule has 2 N–H and O–H groups in total. The van der Waals surface area contributed by atoms with E-state index in [0.29, 0.717) is 10.7 Å². The highest BCUT2D eigenvalue weighted by atomic mass is 79.9. The minimum atomic E-state index is -1.38. The Morgan fingerprint density at radius 3 is 2.74 bits per heavy atom. The third-order valence-electron chi connectivity index (χ3n) is 2.31. The summed E-state index contributed by atoms with van der Waals surface area (Å²) in [6.07, 6.45) is 2.07. The Bertz CT molecular complexity index is 652. The van der Waals surface area contributed by atoms with Gasteiger partial charge in [0.2, 0.25) is 0 Å². The summed E-state index contributed by atoms with van der Waals surface area (Å²) >= 11 is 9.25. The van der Waals surface area contributed by atoms with E-state index < -0.39 is 17.3 Å². The third kappa shape index (κ3) is 3.02. The first kappa shape index (κ1) is 13.8. The molecule has 0 atom stereocenters. The van der Waals surface area contributed by atoms with Gasteiger partial charge in [0.25, 0.3) is 0 Å². The molecule has 1 aromatic carbocycles. The Morgan fingerprint density at radius 1 is 1.37 bits per heavy atom. The predicted octanol–water partition coefficient (Wildman–Crippen LogP) is 4.08. The Balaban J connectivity index is 2.44. The van der Waals surface area contributed by atoms with Crippen LogP contribution in [-0.2, 0) is 0 Å². The number of aromatic carboxylic acids is 1. The Morgan fingerprint density at radius 2 is 2.11 bits per heavy atom. The number of nitrogens with zero attached hydrogens (tertiary/aromatic N) is 1. The zero-order chi connectivity index (χ0) is 14.0. The average molecular weight is 346 g/mol. The van der Waals surface area contributed by atoms with Gasteiger partial charge in [0.05, 0.1) is 28.8 Å². The van der Waals surface area contributed by atoms with E-state index >= 15 is 0 Å². The molecular formula is C12H7BrClFN2O2. The van der Waals surface area contributed by atoms with E-state index in [9.17, 15) is 9.18 Å². The molecule has 0 amide bonds. The van der Waals surface area contributed by atoms with Gasteiger partial charge in [-0.25, -0.2) is 9.18 Å². The minimum absolute atomic E-state index is 0.0386. The van der Waals surface area contributed by atoms with Crippen molar-refractivity contribution in [2.75, 3.05) is 5.32 Å². The van der Waals surface area contributed by atoms with Crippen LogP contribution in [0, 0.1) is 5.82 Å². The van der Waals surface area contributed by atoms with E-state index in [1.165, 1.54) is 6.20 Å². The van der Waals surface area contributed by atoms with Crippen LogP contribution < -0.4 is 5.32 Å². The van der Waals surface area contributed by atoms with Crippen LogP contribution >= 0.6 is 27.5 Å². The third-order valence-corrected chi connectivity index (χ3v) is 3.12. The summed E-state index contributed by atoms with van der Waals surface area (Å²) in [5, 5.41) is 12.1. The van der Waals surface area contributed by atoms with Crippen LogP contribution in [0.25, 0.3) is 0 Å². The monoisotopic (exact) mass is 344 g/mol. The lowest BCUT2D eigenvalue weighted by Crippen LogP contribution is -2.06. The summed E-state index contributed by atoms with van der Waals surface area (Å²) in [4.78, 5) is 14.6. The Kier molecular flexibility index (Phi) is 4.01. The van der Waals surface area contributed by atoms with Crippen LogP contribution in [0.1, 0.15) is 10.4 Å². The van der Waals surface area contributed by atoms with E-state index in [1.807, 2.05) is 0 Å². The molecule has 0 spiro atoms. The molecule has 0 aliphatic heterocycles. The number of rotatable bonds is 3. The maximum atomic E-state index is 13.4. The first-order chi connectivity index (χ1) is 8.99. The van der Waals surface area contributed by atoms with Gasteiger partial charge in [0.1, 0.15) is 5.56 Å². The van der Waals surface area contributed by atoms with Gasteiger partial charge in [-0.15, -0.1) is 0 Å². The lowest BCUT2D eigenvalue weighted by Gasteiger charge is -2.11. The molecule has 0 saturated heterocycles. The molecule has 7 heteroatoms. The maximum Gasteiger partial charge on any atom is 0.340 e. The number of aromatic nitrogens is 1. The summed E-state index contributed by atoms with van der Waals surface area (Å²) < 4.78 is 14.2. The standard InChI is InChI=1S/C12H7BrClFN2O2/c13-6-1-2-9(7(14)3-6)17-10-5-16-4-8(15)11(10)12(18)19/h1-5,17H,(H,18,19). The van der Waals surface area contributed by atoms with Gasteiger partial charge in [0, 0.05) is 4.47 Å². The number of anilines is 2. The van der Waals surface area contributed by atoms with Crippen molar-refractivity contribution < 1.29 is 14.3 Å². The molecule has 4 nitrogen and oxygen atoms in total. The van der Waals surface area contributed by atoms with Crippen molar-refractivity contribution in [3.05, 3.63) is 51.5 Å². The van der Waals surface area contributed by atoms with Crippen LogP contribution in [0.4, 0.5) is 15.8 Å². The lowest BCUT2D eigenvalue weighted by molar-refractivity contribution is 0.0693. The zero-order valence-corrected chi connectivity index (χ0v) is 11.7. The smallest absolute Gasteiger partial charge is 0.340 e. The largest absolute Gasteiger partial charge is 0.478 e. The molecule has 0 aliphatic rings. The quantitative estimate of drug-likeness (QED) is 0.880. The molecule has 19 heavy (non-hydrogen) atoms. The van der Waals surface area contributed by atoms with Crippen molar-refractivity contribution in [2.45, 2.75) is 0 Å². The van der Waals surface area contributed by atoms with E-state index in [4.69, 9.17) is 16.7 Å². The molecule has 0 bridgehead atoms. The van der Waals surface area contributed by atoms with Gasteiger partial charge in [-0.05, 0) is 18.2 Å². The van der Waals surface area contributed by atoms with Gasteiger partial charge in [0.15, 0.2) is 5.82 Å². The molecule has 1 heterocycles. The first-order valence-electron chi connectivity index (χ1n) is 5.08. The number of nitrogens with one attached hydrogen (secondary N) is 1. The number of carboxylic acids is 1. The van der Waals surface area contributed by atoms with Crippen molar-refractivity contribution in [1.29, 1.82) is 0 Å². The summed E-state index contributed by atoms with van der Waals surface area (Å²) in [6.45, 7) is 0. The Hall–Kier alpha value is -1.66. The first-order valence-corrected chi connectivity index (χ1v) is 6.25. The van der Waals surface area contributed by atoms with Gasteiger partial charge in [-0.2, -0.15) is 0 Å². The van der Waals surface area contributed by atoms with Gasteiger partial charge in [-0.1, -0.05) is 27.5 Å². The van der Waals surface area contributed by atoms with E-state index in [2.05, 4.69) is 26.2 Å². The van der Waals surface area contributed by atoms with Crippen LogP contribution in [0.2, 0.25) is 5.02 Å². The minimum Gasteiger partial charge on any atom is -0.478 e. The fraction of sp³-hybridized carbons (Fsp3) is 0. The highest BCUT2D eigenvalue weighted by molar-refractivity contribution is 9.10. The second-order valence-corrected chi connectivity index (χ2v) is 4.92.